The van der Waals surface area contributed by atoms with E-state index in [0.717, 1.165) is 15.3 Å². The molecular formula is C21H18N2O3S3. The predicted octanol–water partition coefficient (Wildman–Crippen LogP) is 5.10. The number of nitrogens with zero attached hydrogens (tertiary/aromatic N) is 2. The van der Waals surface area contributed by atoms with Crippen LogP contribution in [0.15, 0.2) is 57.1 Å². The second-order valence-corrected chi connectivity index (χ2v) is 9.18. The van der Waals surface area contributed by atoms with Gasteiger partial charge in [0.05, 0.1) is 17.6 Å². The minimum atomic E-state index is -0.0370. The van der Waals surface area contributed by atoms with Gasteiger partial charge < -0.3 is 4.74 Å². The van der Waals surface area contributed by atoms with Crippen molar-refractivity contribution in [1.82, 2.24) is 9.55 Å². The summed E-state index contributed by atoms with van der Waals surface area (Å²) in [6, 6.07) is 11.2. The average molecular weight is 443 g/mol. The van der Waals surface area contributed by atoms with E-state index in [4.69, 9.17) is 9.72 Å². The van der Waals surface area contributed by atoms with Crippen LogP contribution < -0.4 is 10.3 Å². The molecule has 0 aliphatic heterocycles. The maximum absolute atomic E-state index is 13.0. The molecule has 0 atom stereocenters. The molecule has 0 aliphatic rings. The molecule has 3 aromatic heterocycles. The fraction of sp³-hybridized carbons (Fsp3) is 0.190. The molecule has 4 rings (SSSR count). The number of benzene rings is 1. The van der Waals surface area contributed by atoms with Crippen LogP contribution in [0.1, 0.15) is 17.3 Å². The molecule has 4 aromatic rings. The van der Waals surface area contributed by atoms with Gasteiger partial charge in [0, 0.05) is 28.6 Å². The van der Waals surface area contributed by atoms with E-state index in [2.05, 4.69) is 0 Å². The van der Waals surface area contributed by atoms with Crippen molar-refractivity contribution in [1.29, 1.82) is 0 Å². The Morgan fingerprint density at radius 2 is 2.03 bits per heavy atom. The van der Waals surface area contributed by atoms with E-state index in [1.54, 1.807) is 35.1 Å². The van der Waals surface area contributed by atoms with Crippen LogP contribution in [0.5, 0.6) is 5.75 Å². The van der Waals surface area contributed by atoms with E-state index in [1.165, 1.54) is 30.0 Å². The van der Waals surface area contributed by atoms with Crippen molar-refractivity contribution in [3.8, 4) is 16.2 Å². The fourth-order valence-corrected chi connectivity index (χ4v) is 5.55. The molecule has 29 heavy (non-hydrogen) atoms. The molecule has 8 heteroatoms. The van der Waals surface area contributed by atoms with Crippen molar-refractivity contribution in [2.24, 2.45) is 7.05 Å². The first-order valence-electron chi connectivity index (χ1n) is 8.94. The second-order valence-electron chi connectivity index (χ2n) is 6.31. The topological polar surface area (TPSA) is 61.2 Å². The Labute approximate surface area is 180 Å². The van der Waals surface area contributed by atoms with Crippen molar-refractivity contribution in [3.63, 3.8) is 0 Å². The predicted molar refractivity (Wildman–Crippen MR) is 121 cm³/mol. The molecule has 0 bridgehead atoms. The molecule has 1 aromatic carbocycles. The van der Waals surface area contributed by atoms with Crippen molar-refractivity contribution in [3.05, 3.63) is 63.1 Å². The molecule has 5 nitrogen and oxygen atoms in total. The number of carbonyl (C=O) groups excluding carboxylic acids is 1. The number of thiophene rings is 2. The van der Waals surface area contributed by atoms with Crippen molar-refractivity contribution in [2.75, 3.05) is 12.4 Å². The van der Waals surface area contributed by atoms with Crippen LogP contribution in [0.4, 0.5) is 0 Å². The lowest BCUT2D eigenvalue weighted by Gasteiger charge is -2.10. The average Bonchev–Trinajstić information content (AvgIpc) is 3.38. The first-order valence-corrected chi connectivity index (χ1v) is 11.7. The van der Waals surface area contributed by atoms with Crippen LogP contribution in [0, 0.1) is 0 Å². The lowest BCUT2D eigenvalue weighted by Crippen LogP contribution is -2.20. The highest BCUT2D eigenvalue weighted by molar-refractivity contribution is 7.99. The number of ketones is 1. The van der Waals surface area contributed by atoms with Gasteiger partial charge in [-0.2, -0.15) is 0 Å². The van der Waals surface area contributed by atoms with Gasteiger partial charge in [0.1, 0.15) is 10.6 Å². The number of para-hydroxylation sites is 1. The molecule has 148 valence electrons. The highest BCUT2D eigenvalue weighted by Gasteiger charge is 2.16. The highest BCUT2D eigenvalue weighted by Crippen LogP contribution is 2.34. The summed E-state index contributed by atoms with van der Waals surface area (Å²) in [5.41, 5.74) is 1.49. The summed E-state index contributed by atoms with van der Waals surface area (Å²) in [6.07, 6.45) is 0. The Kier molecular flexibility index (Phi) is 5.84. The molecule has 0 saturated heterocycles. The van der Waals surface area contributed by atoms with Gasteiger partial charge >= 0.3 is 0 Å². The molecule has 0 amide bonds. The number of fused-ring (bicyclic) bond motifs is 1. The highest BCUT2D eigenvalue weighted by atomic mass is 32.2. The molecule has 0 spiro atoms. The third kappa shape index (κ3) is 4.01. The van der Waals surface area contributed by atoms with Crippen molar-refractivity contribution < 1.29 is 9.53 Å². The first kappa shape index (κ1) is 19.9. The van der Waals surface area contributed by atoms with Gasteiger partial charge in [-0.3, -0.25) is 14.2 Å². The Morgan fingerprint density at radius 1 is 1.21 bits per heavy atom. The summed E-state index contributed by atoms with van der Waals surface area (Å²) >= 11 is 4.58. The van der Waals surface area contributed by atoms with Crippen LogP contribution in [0.25, 0.3) is 20.7 Å². The summed E-state index contributed by atoms with van der Waals surface area (Å²) in [5, 5.41) is 5.34. The first-order chi connectivity index (χ1) is 14.1. The van der Waals surface area contributed by atoms with Gasteiger partial charge in [-0.25, -0.2) is 4.98 Å². The fourth-order valence-electron chi connectivity index (χ4n) is 2.96. The van der Waals surface area contributed by atoms with Gasteiger partial charge in [-0.05, 0) is 30.5 Å². The normalized spacial score (nSPS) is 11.1. The Morgan fingerprint density at radius 3 is 2.79 bits per heavy atom. The minimum absolute atomic E-state index is 0.0259. The standard InChI is InChI=1S/C21H18N2O3S3/c1-13(24)14-6-3-4-7-16(14)26-9-11-28-21-22-19-18(20(25)23(21)2)15(12-29-19)17-8-5-10-27-17/h3-8,10,12H,9,11H2,1-2H3. The quantitative estimate of drug-likeness (QED) is 0.173. The lowest BCUT2D eigenvalue weighted by molar-refractivity contribution is 0.101. The molecule has 0 radical (unpaired) electrons. The number of aromatic nitrogens is 2. The molecule has 0 N–H and O–H groups in total. The number of ether oxygens (including phenoxy) is 1. The van der Waals surface area contributed by atoms with Crippen LogP contribution in [-0.4, -0.2) is 27.7 Å². The van der Waals surface area contributed by atoms with Crippen molar-refractivity contribution >= 4 is 50.4 Å². The lowest BCUT2D eigenvalue weighted by atomic mass is 10.1. The van der Waals surface area contributed by atoms with Crippen LogP contribution in [0.3, 0.4) is 0 Å². The largest absolute Gasteiger partial charge is 0.492 e. The summed E-state index contributed by atoms with van der Waals surface area (Å²) in [5.74, 6) is 1.17. The molecule has 0 unspecified atom stereocenters. The van der Waals surface area contributed by atoms with Gasteiger partial charge in [-0.1, -0.05) is 30.0 Å². The number of rotatable bonds is 7. The Bertz CT molecular complexity index is 1230. The van der Waals surface area contributed by atoms with Crippen LogP contribution >= 0.6 is 34.4 Å². The zero-order valence-corrected chi connectivity index (χ0v) is 18.3. The zero-order valence-electron chi connectivity index (χ0n) is 15.9. The molecule has 3 heterocycles. The number of thioether (sulfide) groups is 1. The number of hydrogen-bond acceptors (Lipinski definition) is 7. The SMILES string of the molecule is CC(=O)c1ccccc1OCCSc1nc2scc(-c3cccs3)c2c(=O)n1C. The summed E-state index contributed by atoms with van der Waals surface area (Å²) in [4.78, 5) is 31.2. The van der Waals surface area contributed by atoms with E-state index in [-0.39, 0.29) is 11.3 Å². The van der Waals surface area contributed by atoms with E-state index in [9.17, 15) is 9.59 Å². The zero-order chi connectivity index (χ0) is 20.4. The number of hydrogen-bond donors (Lipinski definition) is 0. The maximum Gasteiger partial charge on any atom is 0.263 e. The molecular weight excluding hydrogens is 424 g/mol. The Hall–Kier alpha value is -2.42. The monoisotopic (exact) mass is 442 g/mol. The van der Waals surface area contributed by atoms with Crippen molar-refractivity contribution in [2.45, 2.75) is 12.1 Å². The smallest absolute Gasteiger partial charge is 0.263 e. The van der Waals surface area contributed by atoms with E-state index >= 15 is 0 Å². The summed E-state index contributed by atoms with van der Waals surface area (Å²) in [7, 11) is 1.75. The number of carbonyl (C=O) groups is 1. The van der Waals surface area contributed by atoms with Gasteiger partial charge in [0.15, 0.2) is 10.9 Å². The maximum atomic E-state index is 13.0. The molecule has 0 saturated carbocycles. The Balaban J connectivity index is 1.50. The third-order valence-electron chi connectivity index (χ3n) is 4.40. The summed E-state index contributed by atoms with van der Waals surface area (Å²) in [6.45, 7) is 1.94. The van der Waals surface area contributed by atoms with Gasteiger partial charge in [-0.15, -0.1) is 22.7 Å². The van der Waals surface area contributed by atoms with E-state index in [0.29, 0.717) is 34.2 Å². The minimum Gasteiger partial charge on any atom is -0.492 e. The van der Waals surface area contributed by atoms with E-state index in [1.807, 2.05) is 35.0 Å². The third-order valence-corrected chi connectivity index (χ3v) is 7.17. The summed E-state index contributed by atoms with van der Waals surface area (Å²) < 4.78 is 7.38. The van der Waals surface area contributed by atoms with Gasteiger partial charge in [0.25, 0.3) is 5.56 Å². The van der Waals surface area contributed by atoms with Gasteiger partial charge in [0.2, 0.25) is 0 Å². The number of Topliss-reactive ketones (excluding diaryl/α,β-unsaturated/α-hetero) is 1. The van der Waals surface area contributed by atoms with Crippen LogP contribution in [-0.2, 0) is 7.05 Å². The van der Waals surface area contributed by atoms with E-state index < -0.39 is 0 Å². The van der Waals surface area contributed by atoms with Crippen LogP contribution in [0.2, 0.25) is 0 Å². The molecule has 0 aliphatic carbocycles. The second kappa shape index (κ2) is 8.52. The molecule has 0 fully saturated rings.